The molecule has 0 heterocycles. The van der Waals surface area contributed by atoms with Crippen molar-refractivity contribution in [1.29, 1.82) is 0 Å². The van der Waals surface area contributed by atoms with Gasteiger partial charge in [-0.1, -0.05) is 18.2 Å². The van der Waals surface area contributed by atoms with Gasteiger partial charge in [0.25, 0.3) is 0 Å². The first-order valence-corrected chi connectivity index (χ1v) is 5.79. The maximum absolute atomic E-state index is 12.0. The summed E-state index contributed by atoms with van der Waals surface area (Å²) >= 11 is 0. The van der Waals surface area contributed by atoms with E-state index >= 15 is 0 Å². The lowest BCUT2D eigenvalue weighted by Crippen LogP contribution is -2.24. The highest BCUT2D eigenvalue weighted by Crippen LogP contribution is 2.41. The molecule has 1 saturated carbocycles. The summed E-state index contributed by atoms with van der Waals surface area (Å²) in [6.07, 6.45) is 2.39. The fourth-order valence-corrected chi connectivity index (χ4v) is 1.77. The van der Waals surface area contributed by atoms with Gasteiger partial charge in [-0.25, -0.2) is 4.79 Å². The molecular formula is C14H18O2. The molecule has 0 atom stereocenters. The largest absolute Gasteiger partial charge is 0.456 e. The van der Waals surface area contributed by atoms with Crippen LogP contribution < -0.4 is 0 Å². The summed E-state index contributed by atoms with van der Waals surface area (Å²) in [5.41, 5.74) is 1.46. The van der Waals surface area contributed by atoms with Crippen molar-refractivity contribution in [2.24, 2.45) is 0 Å². The zero-order valence-corrected chi connectivity index (χ0v) is 10.1. The number of hydrogen-bond donors (Lipinski definition) is 0. The van der Waals surface area contributed by atoms with Gasteiger partial charge < -0.3 is 4.74 Å². The van der Waals surface area contributed by atoms with Crippen molar-refractivity contribution in [2.75, 3.05) is 0 Å². The van der Waals surface area contributed by atoms with Crippen molar-refractivity contribution in [3.8, 4) is 0 Å². The Bertz CT molecular complexity index is 397. The minimum Gasteiger partial charge on any atom is -0.456 e. The molecule has 1 aromatic rings. The molecule has 2 heteroatoms. The number of esters is 1. The van der Waals surface area contributed by atoms with Crippen LogP contribution >= 0.6 is 0 Å². The maximum Gasteiger partial charge on any atom is 0.338 e. The Hall–Kier alpha value is -1.31. The topological polar surface area (TPSA) is 26.3 Å². The number of ether oxygens (including phenoxy) is 1. The highest BCUT2D eigenvalue weighted by Gasteiger charge is 2.29. The molecule has 16 heavy (non-hydrogen) atoms. The number of hydrogen-bond acceptors (Lipinski definition) is 2. The molecule has 0 spiro atoms. The van der Waals surface area contributed by atoms with E-state index in [0.29, 0.717) is 5.92 Å². The quantitative estimate of drug-likeness (QED) is 0.710. The molecule has 0 aromatic heterocycles. The van der Waals surface area contributed by atoms with Crippen molar-refractivity contribution < 1.29 is 9.53 Å². The highest BCUT2D eigenvalue weighted by atomic mass is 16.6. The second kappa shape index (κ2) is 3.93. The SMILES string of the molecule is CC(C)(C)OC(=O)c1ccccc1C1CC1. The minimum atomic E-state index is -0.423. The van der Waals surface area contributed by atoms with Gasteiger partial charge >= 0.3 is 5.97 Å². The molecule has 0 N–H and O–H groups in total. The van der Waals surface area contributed by atoms with E-state index in [4.69, 9.17) is 4.74 Å². The molecule has 1 aliphatic rings. The summed E-state index contributed by atoms with van der Waals surface area (Å²) in [6, 6.07) is 7.78. The van der Waals surface area contributed by atoms with Gasteiger partial charge in [0.2, 0.25) is 0 Å². The van der Waals surface area contributed by atoms with E-state index in [9.17, 15) is 4.79 Å². The Kier molecular flexibility index (Phi) is 2.75. The van der Waals surface area contributed by atoms with Crippen LogP contribution in [0, 0.1) is 0 Å². The molecule has 1 aromatic carbocycles. The van der Waals surface area contributed by atoms with Crippen LogP contribution in [0.5, 0.6) is 0 Å². The summed E-state index contributed by atoms with van der Waals surface area (Å²) in [7, 11) is 0. The van der Waals surface area contributed by atoms with Gasteiger partial charge in [-0.3, -0.25) is 0 Å². The highest BCUT2D eigenvalue weighted by molar-refractivity contribution is 5.91. The van der Waals surface area contributed by atoms with Gasteiger partial charge in [-0.2, -0.15) is 0 Å². The molecule has 0 radical (unpaired) electrons. The summed E-state index contributed by atoms with van der Waals surface area (Å²) in [5, 5.41) is 0. The molecule has 1 fully saturated rings. The van der Waals surface area contributed by atoms with Crippen LogP contribution in [0.15, 0.2) is 24.3 Å². The van der Waals surface area contributed by atoms with Gasteiger partial charge in [0.1, 0.15) is 5.60 Å². The second-order valence-electron chi connectivity index (χ2n) is 5.36. The normalized spacial score (nSPS) is 15.9. The van der Waals surface area contributed by atoms with Crippen LogP contribution in [0.3, 0.4) is 0 Å². The molecule has 86 valence electrons. The van der Waals surface area contributed by atoms with Crippen molar-refractivity contribution in [2.45, 2.75) is 45.1 Å². The Morgan fingerprint density at radius 2 is 1.88 bits per heavy atom. The average molecular weight is 218 g/mol. The average Bonchev–Trinajstić information content (AvgIpc) is 2.98. The third-order valence-electron chi connectivity index (χ3n) is 2.60. The Labute approximate surface area is 96.6 Å². The van der Waals surface area contributed by atoms with E-state index < -0.39 is 5.60 Å². The smallest absolute Gasteiger partial charge is 0.338 e. The molecule has 2 rings (SSSR count). The van der Waals surface area contributed by atoms with Crippen LogP contribution in [0.1, 0.15) is 55.5 Å². The lowest BCUT2D eigenvalue weighted by molar-refractivity contribution is 0.00683. The van der Waals surface area contributed by atoms with E-state index in [1.807, 2.05) is 45.0 Å². The molecule has 0 aliphatic heterocycles. The first-order valence-electron chi connectivity index (χ1n) is 5.79. The summed E-state index contributed by atoms with van der Waals surface area (Å²) in [6.45, 7) is 5.68. The van der Waals surface area contributed by atoms with Crippen molar-refractivity contribution in [3.05, 3.63) is 35.4 Å². The monoisotopic (exact) mass is 218 g/mol. The molecular weight excluding hydrogens is 200 g/mol. The van der Waals surface area contributed by atoms with Crippen LogP contribution in [0.25, 0.3) is 0 Å². The third kappa shape index (κ3) is 2.63. The van der Waals surface area contributed by atoms with Crippen molar-refractivity contribution >= 4 is 5.97 Å². The predicted molar refractivity (Wildman–Crippen MR) is 63.6 cm³/mol. The van der Waals surface area contributed by atoms with Gasteiger partial charge in [-0.15, -0.1) is 0 Å². The van der Waals surface area contributed by atoms with Crippen LogP contribution in [0.2, 0.25) is 0 Å². The van der Waals surface area contributed by atoms with E-state index in [1.165, 1.54) is 12.8 Å². The van der Waals surface area contributed by atoms with E-state index in [0.717, 1.165) is 11.1 Å². The van der Waals surface area contributed by atoms with Crippen molar-refractivity contribution in [3.63, 3.8) is 0 Å². The molecule has 2 nitrogen and oxygen atoms in total. The lowest BCUT2D eigenvalue weighted by atomic mass is 10.0. The van der Waals surface area contributed by atoms with Crippen molar-refractivity contribution in [1.82, 2.24) is 0 Å². The summed E-state index contributed by atoms with van der Waals surface area (Å²) in [4.78, 5) is 12.0. The first-order chi connectivity index (χ1) is 7.47. The summed E-state index contributed by atoms with van der Waals surface area (Å²) in [5.74, 6) is 0.374. The lowest BCUT2D eigenvalue weighted by Gasteiger charge is -2.20. The minimum absolute atomic E-state index is 0.199. The Morgan fingerprint density at radius 3 is 2.44 bits per heavy atom. The second-order valence-corrected chi connectivity index (χ2v) is 5.36. The molecule has 1 aliphatic carbocycles. The van der Waals surface area contributed by atoms with E-state index in [-0.39, 0.29) is 5.97 Å². The Balaban J connectivity index is 2.22. The number of benzene rings is 1. The number of rotatable bonds is 2. The standard InChI is InChI=1S/C14H18O2/c1-14(2,3)16-13(15)12-7-5-4-6-11(12)10-8-9-10/h4-7,10H,8-9H2,1-3H3. The molecule has 0 saturated heterocycles. The molecule has 0 amide bonds. The van der Waals surface area contributed by atoms with E-state index in [1.54, 1.807) is 0 Å². The Morgan fingerprint density at radius 1 is 1.25 bits per heavy atom. The molecule has 0 unspecified atom stereocenters. The fraction of sp³-hybridized carbons (Fsp3) is 0.500. The first kappa shape index (κ1) is 11.2. The van der Waals surface area contributed by atoms with Crippen LogP contribution in [-0.2, 0) is 4.74 Å². The van der Waals surface area contributed by atoms with Crippen LogP contribution in [0.4, 0.5) is 0 Å². The number of carbonyl (C=O) groups excluding carboxylic acids is 1. The summed E-state index contributed by atoms with van der Waals surface area (Å²) < 4.78 is 5.40. The number of carbonyl (C=O) groups is 1. The van der Waals surface area contributed by atoms with Gasteiger partial charge in [0.05, 0.1) is 5.56 Å². The predicted octanol–water partition coefficient (Wildman–Crippen LogP) is 3.52. The molecule has 0 bridgehead atoms. The zero-order chi connectivity index (χ0) is 11.8. The van der Waals surface area contributed by atoms with Gasteiger partial charge in [0.15, 0.2) is 0 Å². The van der Waals surface area contributed by atoms with Gasteiger partial charge in [-0.05, 0) is 51.2 Å². The fourth-order valence-electron chi connectivity index (χ4n) is 1.77. The zero-order valence-electron chi connectivity index (χ0n) is 10.1. The van der Waals surface area contributed by atoms with E-state index in [2.05, 4.69) is 0 Å². The van der Waals surface area contributed by atoms with Gasteiger partial charge in [0, 0.05) is 0 Å². The third-order valence-corrected chi connectivity index (χ3v) is 2.60. The van der Waals surface area contributed by atoms with Crippen LogP contribution in [-0.4, -0.2) is 11.6 Å². The maximum atomic E-state index is 12.0.